The first-order valence-electron chi connectivity index (χ1n) is 6.87. The van der Waals surface area contributed by atoms with Crippen molar-refractivity contribution in [2.75, 3.05) is 19.6 Å². The van der Waals surface area contributed by atoms with Crippen molar-refractivity contribution in [2.24, 2.45) is 0 Å². The Morgan fingerprint density at radius 1 is 1.33 bits per heavy atom. The third kappa shape index (κ3) is 2.52. The molecule has 98 valence electrons. The SMILES string of the molecule is Cc1ccc2c(c1)CC(CN1CCC(O)CC1)O2. The van der Waals surface area contributed by atoms with Gasteiger partial charge in [0.15, 0.2) is 0 Å². The van der Waals surface area contributed by atoms with E-state index >= 15 is 0 Å². The fourth-order valence-corrected chi connectivity index (χ4v) is 2.94. The van der Waals surface area contributed by atoms with Gasteiger partial charge in [0.1, 0.15) is 11.9 Å². The lowest BCUT2D eigenvalue weighted by Crippen LogP contribution is -2.41. The average molecular weight is 247 g/mol. The van der Waals surface area contributed by atoms with Crippen LogP contribution in [0.1, 0.15) is 24.0 Å². The zero-order chi connectivity index (χ0) is 12.5. The third-order valence-electron chi connectivity index (χ3n) is 3.98. The second-order valence-electron chi connectivity index (χ2n) is 5.59. The van der Waals surface area contributed by atoms with Gasteiger partial charge >= 0.3 is 0 Å². The van der Waals surface area contributed by atoms with Crippen molar-refractivity contribution < 1.29 is 9.84 Å². The summed E-state index contributed by atoms with van der Waals surface area (Å²) >= 11 is 0. The zero-order valence-corrected chi connectivity index (χ0v) is 10.9. The number of aliphatic hydroxyl groups is 1. The predicted octanol–water partition coefficient (Wildman–Crippen LogP) is 1.76. The van der Waals surface area contributed by atoms with Crippen LogP contribution in [0.4, 0.5) is 0 Å². The van der Waals surface area contributed by atoms with Crippen LogP contribution in [0.25, 0.3) is 0 Å². The number of piperidine rings is 1. The van der Waals surface area contributed by atoms with Crippen LogP contribution in [-0.2, 0) is 6.42 Å². The summed E-state index contributed by atoms with van der Waals surface area (Å²) in [6.45, 7) is 5.10. The fourth-order valence-electron chi connectivity index (χ4n) is 2.94. The quantitative estimate of drug-likeness (QED) is 0.864. The number of ether oxygens (including phenoxy) is 1. The van der Waals surface area contributed by atoms with E-state index in [4.69, 9.17) is 4.74 Å². The lowest BCUT2D eigenvalue weighted by Gasteiger charge is -2.31. The van der Waals surface area contributed by atoms with E-state index in [-0.39, 0.29) is 12.2 Å². The smallest absolute Gasteiger partial charge is 0.123 e. The fraction of sp³-hybridized carbons (Fsp3) is 0.600. The number of aryl methyl sites for hydroxylation is 1. The highest BCUT2D eigenvalue weighted by molar-refractivity contribution is 5.40. The van der Waals surface area contributed by atoms with E-state index in [0.29, 0.717) is 0 Å². The van der Waals surface area contributed by atoms with Crippen molar-refractivity contribution in [1.82, 2.24) is 4.90 Å². The van der Waals surface area contributed by atoms with E-state index in [1.807, 2.05) is 0 Å². The van der Waals surface area contributed by atoms with Crippen LogP contribution in [0, 0.1) is 6.92 Å². The summed E-state index contributed by atoms with van der Waals surface area (Å²) in [6.07, 6.45) is 3.02. The molecule has 0 saturated carbocycles. The summed E-state index contributed by atoms with van der Waals surface area (Å²) in [4.78, 5) is 2.41. The van der Waals surface area contributed by atoms with Crippen LogP contribution in [0.3, 0.4) is 0 Å². The molecular weight excluding hydrogens is 226 g/mol. The maximum absolute atomic E-state index is 9.50. The molecule has 2 heterocycles. The number of likely N-dealkylation sites (tertiary alicyclic amines) is 1. The van der Waals surface area contributed by atoms with Crippen LogP contribution in [0.2, 0.25) is 0 Å². The van der Waals surface area contributed by atoms with E-state index in [0.717, 1.165) is 44.6 Å². The van der Waals surface area contributed by atoms with Crippen LogP contribution in [-0.4, -0.2) is 41.8 Å². The van der Waals surface area contributed by atoms with Gasteiger partial charge in [0.2, 0.25) is 0 Å². The summed E-state index contributed by atoms with van der Waals surface area (Å²) in [5, 5.41) is 9.50. The van der Waals surface area contributed by atoms with E-state index < -0.39 is 0 Å². The molecule has 2 aliphatic rings. The first kappa shape index (κ1) is 12.0. The third-order valence-corrected chi connectivity index (χ3v) is 3.98. The molecule has 1 atom stereocenters. The van der Waals surface area contributed by atoms with Crippen LogP contribution in [0.15, 0.2) is 18.2 Å². The minimum Gasteiger partial charge on any atom is -0.488 e. The topological polar surface area (TPSA) is 32.7 Å². The van der Waals surface area contributed by atoms with E-state index in [1.54, 1.807) is 0 Å². The molecule has 1 N–H and O–H groups in total. The molecule has 3 heteroatoms. The minimum absolute atomic E-state index is 0.0920. The summed E-state index contributed by atoms with van der Waals surface area (Å²) in [5.74, 6) is 1.06. The number of aliphatic hydroxyl groups excluding tert-OH is 1. The number of hydrogen-bond donors (Lipinski definition) is 1. The van der Waals surface area contributed by atoms with Gasteiger partial charge in [-0.05, 0) is 31.4 Å². The summed E-state index contributed by atoms with van der Waals surface area (Å²) in [5.41, 5.74) is 2.65. The minimum atomic E-state index is -0.0920. The van der Waals surface area contributed by atoms with Crippen molar-refractivity contribution in [3.63, 3.8) is 0 Å². The highest BCUT2D eigenvalue weighted by Crippen LogP contribution is 2.30. The van der Waals surface area contributed by atoms with Gasteiger partial charge in [-0.3, -0.25) is 4.90 Å². The van der Waals surface area contributed by atoms with Gasteiger partial charge in [-0.25, -0.2) is 0 Å². The lowest BCUT2D eigenvalue weighted by molar-refractivity contribution is 0.0625. The molecule has 0 radical (unpaired) electrons. The van der Waals surface area contributed by atoms with Crippen molar-refractivity contribution in [3.8, 4) is 5.75 Å². The van der Waals surface area contributed by atoms with E-state index in [9.17, 15) is 5.11 Å². The van der Waals surface area contributed by atoms with Crippen molar-refractivity contribution >= 4 is 0 Å². The Bertz CT molecular complexity index is 425. The van der Waals surface area contributed by atoms with Crippen molar-refractivity contribution in [1.29, 1.82) is 0 Å². The first-order valence-corrected chi connectivity index (χ1v) is 6.87. The molecule has 1 fully saturated rings. The highest BCUT2D eigenvalue weighted by Gasteiger charge is 2.26. The molecular formula is C15H21NO2. The summed E-state index contributed by atoms with van der Waals surface area (Å²) < 4.78 is 5.99. The maximum atomic E-state index is 9.50. The number of benzene rings is 1. The number of rotatable bonds is 2. The van der Waals surface area contributed by atoms with E-state index in [1.165, 1.54) is 11.1 Å². The van der Waals surface area contributed by atoms with Crippen molar-refractivity contribution in [3.05, 3.63) is 29.3 Å². The molecule has 3 nitrogen and oxygen atoms in total. The van der Waals surface area contributed by atoms with Gasteiger partial charge in [0.05, 0.1) is 6.10 Å². The van der Waals surface area contributed by atoms with Crippen LogP contribution < -0.4 is 4.74 Å². The molecule has 1 aromatic carbocycles. The van der Waals surface area contributed by atoms with Gasteiger partial charge in [-0.15, -0.1) is 0 Å². The average Bonchev–Trinajstić information content (AvgIpc) is 2.73. The van der Waals surface area contributed by atoms with Gasteiger partial charge < -0.3 is 9.84 Å². The summed E-state index contributed by atoms with van der Waals surface area (Å²) in [6, 6.07) is 6.43. The van der Waals surface area contributed by atoms with Crippen LogP contribution >= 0.6 is 0 Å². The van der Waals surface area contributed by atoms with E-state index in [2.05, 4.69) is 30.0 Å². The largest absolute Gasteiger partial charge is 0.488 e. The number of nitrogens with zero attached hydrogens (tertiary/aromatic N) is 1. The molecule has 0 aliphatic carbocycles. The Labute approximate surface area is 108 Å². The first-order chi connectivity index (χ1) is 8.70. The zero-order valence-electron chi connectivity index (χ0n) is 10.9. The van der Waals surface area contributed by atoms with Gasteiger partial charge in [-0.1, -0.05) is 17.7 Å². The van der Waals surface area contributed by atoms with Gasteiger partial charge in [0.25, 0.3) is 0 Å². The normalized spacial score (nSPS) is 24.9. The standard InChI is InChI=1S/C15H21NO2/c1-11-2-3-15-12(8-11)9-14(18-15)10-16-6-4-13(17)5-7-16/h2-3,8,13-14,17H,4-7,9-10H2,1H3. The predicted molar refractivity (Wildman–Crippen MR) is 71.0 cm³/mol. The molecule has 0 aromatic heterocycles. The Kier molecular flexibility index (Phi) is 3.27. The molecule has 2 aliphatic heterocycles. The Morgan fingerprint density at radius 3 is 2.89 bits per heavy atom. The molecule has 0 spiro atoms. The van der Waals surface area contributed by atoms with Crippen molar-refractivity contribution in [2.45, 2.75) is 38.4 Å². The highest BCUT2D eigenvalue weighted by atomic mass is 16.5. The second kappa shape index (κ2) is 4.90. The molecule has 1 saturated heterocycles. The molecule has 1 unspecified atom stereocenters. The molecule has 0 bridgehead atoms. The Balaban J connectivity index is 1.58. The van der Waals surface area contributed by atoms with Crippen LogP contribution in [0.5, 0.6) is 5.75 Å². The van der Waals surface area contributed by atoms with Gasteiger partial charge in [-0.2, -0.15) is 0 Å². The van der Waals surface area contributed by atoms with Gasteiger partial charge in [0, 0.05) is 26.1 Å². The second-order valence-corrected chi connectivity index (χ2v) is 5.59. The number of hydrogen-bond acceptors (Lipinski definition) is 3. The maximum Gasteiger partial charge on any atom is 0.123 e. The monoisotopic (exact) mass is 247 g/mol. The molecule has 18 heavy (non-hydrogen) atoms. The lowest BCUT2D eigenvalue weighted by atomic mass is 10.1. The molecule has 0 amide bonds. The molecule has 3 rings (SSSR count). The summed E-state index contributed by atoms with van der Waals surface area (Å²) in [7, 11) is 0. The Morgan fingerprint density at radius 2 is 2.11 bits per heavy atom. The Hall–Kier alpha value is -1.06. The number of fused-ring (bicyclic) bond motifs is 1. The molecule has 1 aromatic rings.